The molecule has 2 aliphatic rings. The second-order valence-electron chi connectivity index (χ2n) is 9.69. The molecule has 204 valence electrons. The Labute approximate surface area is 232 Å². The van der Waals surface area contributed by atoms with Crippen LogP contribution in [0.15, 0.2) is 60.7 Å². The van der Waals surface area contributed by atoms with Crippen molar-refractivity contribution in [3.63, 3.8) is 0 Å². The molecule has 0 bridgehead atoms. The molecule has 40 heavy (non-hydrogen) atoms. The van der Waals surface area contributed by atoms with E-state index < -0.39 is 17.6 Å². The number of thiazole rings is 1. The summed E-state index contributed by atoms with van der Waals surface area (Å²) in [7, 11) is 0. The maximum atomic E-state index is 13.5. The number of ether oxygens (including phenoxy) is 2. The lowest BCUT2D eigenvalue weighted by molar-refractivity contribution is -0.137. The van der Waals surface area contributed by atoms with E-state index in [9.17, 15) is 22.8 Å². The first kappa shape index (κ1) is 26.1. The molecule has 6 rings (SSSR count). The highest BCUT2D eigenvalue weighted by atomic mass is 32.1. The molecule has 3 heterocycles. The molecule has 2 aliphatic heterocycles. The van der Waals surface area contributed by atoms with Crippen LogP contribution in [0.1, 0.15) is 36.9 Å². The van der Waals surface area contributed by atoms with Gasteiger partial charge in [-0.3, -0.25) is 9.59 Å². The molecular formula is C30H23F3N2O4S. The van der Waals surface area contributed by atoms with Crippen LogP contribution in [0.3, 0.4) is 0 Å². The fourth-order valence-electron chi connectivity index (χ4n) is 5.13. The van der Waals surface area contributed by atoms with Gasteiger partial charge in [-0.1, -0.05) is 24.3 Å². The number of benzene rings is 3. The summed E-state index contributed by atoms with van der Waals surface area (Å²) in [6.07, 6.45) is -3.64. The predicted octanol–water partition coefficient (Wildman–Crippen LogP) is 6.42. The lowest BCUT2D eigenvalue weighted by Crippen LogP contribution is -2.30. The van der Waals surface area contributed by atoms with E-state index in [2.05, 4.69) is 0 Å². The van der Waals surface area contributed by atoms with Gasteiger partial charge in [0.05, 0.1) is 23.2 Å². The summed E-state index contributed by atoms with van der Waals surface area (Å²) in [4.78, 5) is 33.0. The van der Waals surface area contributed by atoms with Crippen molar-refractivity contribution in [2.45, 2.75) is 32.4 Å². The zero-order chi connectivity index (χ0) is 28.0. The molecule has 6 nitrogen and oxygen atoms in total. The Balaban J connectivity index is 1.18. The van der Waals surface area contributed by atoms with Crippen LogP contribution < -0.4 is 14.4 Å². The van der Waals surface area contributed by atoms with Gasteiger partial charge in [-0.15, -0.1) is 11.3 Å². The first-order valence-electron chi connectivity index (χ1n) is 12.7. The SMILES string of the molecule is Cc1sc(CC(=O)Cc2ccc3c(c2)OCO3)nc1-c1ccc2c(c1)CCN2C(=O)c1ccccc1C(F)(F)F. The van der Waals surface area contributed by atoms with Gasteiger partial charge < -0.3 is 14.4 Å². The average Bonchev–Trinajstić information content (AvgIpc) is 3.65. The van der Waals surface area contributed by atoms with E-state index in [1.165, 1.54) is 34.4 Å². The number of carbonyl (C=O) groups excluding carboxylic acids is 2. The van der Waals surface area contributed by atoms with Crippen molar-refractivity contribution in [3.05, 3.63) is 92.8 Å². The number of nitrogens with zero attached hydrogens (tertiary/aromatic N) is 2. The summed E-state index contributed by atoms with van der Waals surface area (Å²) < 4.78 is 51.2. The zero-order valence-electron chi connectivity index (χ0n) is 21.4. The molecule has 3 aromatic carbocycles. The highest BCUT2D eigenvalue weighted by Gasteiger charge is 2.37. The van der Waals surface area contributed by atoms with Gasteiger partial charge >= 0.3 is 6.18 Å². The number of hydrogen-bond acceptors (Lipinski definition) is 6. The lowest BCUT2D eigenvalue weighted by Gasteiger charge is -2.20. The van der Waals surface area contributed by atoms with Gasteiger partial charge in [0.1, 0.15) is 10.8 Å². The molecule has 4 aromatic rings. The maximum absolute atomic E-state index is 13.5. The number of aryl methyl sites for hydroxylation is 1. The third-order valence-electron chi connectivity index (χ3n) is 6.98. The Morgan fingerprint density at radius 2 is 1.80 bits per heavy atom. The average molecular weight is 565 g/mol. The third kappa shape index (κ3) is 4.95. The molecule has 0 unspecified atom stereocenters. The minimum absolute atomic E-state index is 0.0291. The number of aromatic nitrogens is 1. The van der Waals surface area contributed by atoms with Gasteiger partial charge in [-0.25, -0.2) is 4.98 Å². The van der Waals surface area contributed by atoms with Crippen molar-refractivity contribution >= 4 is 28.7 Å². The fourth-order valence-corrected chi connectivity index (χ4v) is 6.11. The monoisotopic (exact) mass is 564 g/mol. The Hall–Kier alpha value is -4.18. The maximum Gasteiger partial charge on any atom is 0.417 e. The standard InChI is InChI=1S/C30H23F3N2O4S/c1-17-28(34-27(40-17)15-21(36)12-18-6-9-25-26(13-18)39-16-38-25)20-7-8-24-19(14-20)10-11-35(24)29(37)22-4-2-3-5-23(22)30(31,32)33/h2-9,13-14H,10-12,15-16H2,1H3. The first-order chi connectivity index (χ1) is 19.2. The largest absolute Gasteiger partial charge is 0.454 e. The summed E-state index contributed by atoms with van der Waals surface area (Å²) in [5.74, 6) is 0.664. The molecule has 0 N–H and O–H groups in total. The van der Waals surface area contributed by atoms with Crippen molar-refractivity contribution in [2.24, 2.45) is 0 Å². The number of amides is 1. The van der Waals surface area contributed by atoms with E-state index in [1.54, 1.807) is 12.1 Å². The van der Waals surface area contributed by atoms with Crippen LogP contribution in [-0.2, 0) is 30.2 Å². The number of halogens is 3. The number of ketones is 1. The number of fused-ring (bicyclic) bond motifs is 2. The molecule has 0 aliphatic carbocycles. The molecule has 0 radical (unpaired) electrons. The molecule has 1 aromatic heterocycles. The van der Waals surface area contributed by atoms with Crippen LogP contribution in [0, 0.1) is 6.92 Å². The molecule has 0 atom stereocenters. The molecular weight excluding hydrogens is 541 g/mol. The summed E-state index contributed by atoms with van der Waals surface area (Å²) in [5, 5.41) is 0.708. The predicted molar refractivity (Wildman–Crippen MR) is 144 cm³/mol. The molecule has 0 saturated carbocycles. The minimum atomic E-state index is -4.62. The molecule has 0 fully saturated rings. The summed E-state index contributed by atoms with van der Waals surface area (Å²) >= 11 is 1.46. The number of rotatable bonds is 6. The number of Topliss-reactive ketones (excluding diaryl/α,β-unsaturated/α-hetero) is 1. The van der Waals surface area contributed by atoms with Crippen LogP contribution in [0.2, 0.25) is 0 Å². The highest BCUT2D eigenvalue weighted by Crippen LogP contribution is 2.38. The van der Waals surface area contributed by atoms with Crippen molar-refractivity contribution in [2.75, 3.05) is 18.2 Å². The van der Waals surface area contributed by atoms with E-state index in [0.29, 0.717) is 35.2 Å². The Kier molecular flexibility index (Phi) is 6.58. The number of alkyl halides is 3. The molecule has 1 amide bonds. The number of hydrogen-bond donors (Lipinski definition) is 0. The van der Waals surface area contributed by atoms with E-state index in [1.807, 2.05) is 31.2 Å². The smallest absolute Gasteiger partial charge is 0.417 e. The first-order valence-corrected chi connectivity index (χ1v) is 13.5. The second kappa shape index (κ2) is 10.1. The van der Waals surface area contributed by atoms with E-state index in [4.69, 9.17) is 14.5 Å². The molecule has 0 spiro atoms. The van der Waals surface area contributed by atoms with Crippen LogP contribution in [0.4, 0.5) is 18.9 Å². The van der Waals surface area contributed by atoms with Crippen LogP contribution in [0.5, 0.6) is 11.5 Å². The Morgan fingerprint density at radius 1 is 1.00 bits per heavy atom. The highest BCUT2D eigenvalue weighted by molar-refractivity contribution is 7.12. The summed E-state index contributed by atoms with van der Waals surface area (Å²) in [5.41, 5.74) is 2.60. The number of carbonyl (C=O) groups is 2. The van der Waals surface area contributed by atoms with Gasteiger partial charge in [0, 0.05) is 29.1 Å². The molecule has 10 heteroatoms. The van der Waals surface area contributed by atoms with Crippen molar-refractivity contribution in [1.29, 1.82) is 0 Å². The van der Waals surface area contributed by atoms with Gasteiger partial charge in [0.15, 0.2) is 11.5 Å². The van der Waals surface area contributed by atoms with Gasteiger partial charge in [0.2, 0.25) is 6.79 Å². The van der Waals surface area contributed by atoms with E-state index in [-0.39, 0.29) is 31.0 Å². The third-order valence-corrected chi connectivity index (χ3v) is 7.95. The van der Waals surface area contributed by atoms with Crippen molar-refractivity contribution in [1.82, 2.24) is 4.98 Å². The topological polar surface area (TPSA) is 68.7 Å². The van der Waals surface area contributed by atoms with E-state index >= 15 is 0 Å². The lowest BCUT2D eigenvalue weighted by atomic mass is 10.0. The molecule has 0 saturated heterocycles. The Bertz CT molecular complexity index is 1650. The van der Waals surface area contributed by atoms with Gasteiger partial charge in [-0.05, 0) is 60.9 Å². The van der Waals surface area contributed by atoms with Crippen molar-refractivity contribution in [3.8, 4) is 22.8 Å². The normalized spacial score (nSPS) is 13.9. The summed E-state index contributed by atoms with van der Waals surface area (Å²) in [6, 6.07) is 15.8. The zero-order valence-corrected chi connectivity index (χ0v) is 22.2. The Morgan fingerprint density at radius 3 is 2.62 bits per heavy atom. The van der Waals surface area contributed by atoms with Gasteiger partial charge in [-0.2, -0.15) is 13.2 Å². The van der Waals surface area contributed by atoms with Gasteiger partial charge in [0.25, 0.3) is 5.91 Å². The quantitative estimate of drug-likeness (QED) is 0.270. The second-order valence-corrected chi connectivity index (χ2v) is 11.0. The van der Waals surface area contributed by atoms with Crippen LogP contribution >= 0.6 is 11.3 Å². The number of anilines is 1. The fraction of sp³-hybridized carbons (Fsp3) is 0.233. The van der Waals surface area contributed by atoms with Crippen molar-refractivity contribution < 1.29 is 32.2 Å². The summed E-state index contributed by atoms with van der Waals surface area (Å²) in [6.45, 7) is 2.41. The minimum Gasteiger partial charge on any atom is -0.454 e. The van der Waals surface area contributed by atoms with Crippen LogP contribution in [-0.4, -0.2) is 30.0 Å². The van der Waals surface area contributed by atoms with Crippen LogP contribution in [0.25, 0.3) is 11.3 Å². The van der Waals surface area contributed by atoms with E-state index in [0.717, 1.165) is 33.3 Å².